The Bertz CT molecular complexity index is 512. The molecule has 84 valence electrons. The van der Waals surface area contributed by atoms with Gasteiger partial charge in [-0.1, -0.05) is 23.2 Å². The molecular formula is C11H8BrCl2NS. The van der Waals surface area contributed by atoms with Crippen LogP contribution in [0.15, 0.2) is 33.4 Å². The molecule has 0 bridgehead atoms. The van der Waals surface area contributed by atoms with Crippen molar-refractivity contribution in [2.45, 2.75) is 6.04 Å². The molecule has 0 saturated heterocycles. The third-order valence-corrected chi connectivity index (χ3v) is 4.34. The minimum absolute atomic E-state index is 0.242. The summed E-state index contributed by atoms with van der Waals surface area (Å²) in [5, 5.41) is 3.29. The highest BCUT2D eigenvalue weighted by Crippen LogP contribution is 2.32. The van der Waals surface area contributed by atoms with E-state index in [0.29, 0.717) is 10.0 Å². The van der Waals surface area contributed by atoms with Crippen molar-refractivity contribution in [1.82, 2.24) is 0 Å². The molecule has 2 N–H and O–H groups in total. The van der Waals surface area contributed by atoms with Gasteiger partial charge in [0.1, 0.15) is 0 Å². The normalized spacial score (nSPS) is 12.8. The summed E-state index contributed by atoms with van der Waals surface area (Å²) in [5.41, 5.74) is 8.02. The summed E-state index contributed by atoms with van der Waals surface area (Å²) in [4.78, 5) is 0. The predicted molar refractivity (Wildman–Crippen MR) is 74.5 cm³/mol. The molecule has 16 heavy (non-hydrogen) atoms. The summed E-state index contributed by atoms with van der Waals surface area (Å²) < 4.78 is 1.05. The summed E-state index contributed by atoms with van der Waals surface area (Å²) in [6.07, 6.45) is 0. The fraction of sp³-hybridized carbons (Fsp3) is 0.0909. The SMILES string of the molecule is NC(c1csc(Br)c1)c1cc(Cl)ccc1Cl. The highest BCUT2D eigenvalue weighted by Gasteiger charge is 2.14. The lowest BCUT2D eigenvalue weighted by atomic mass is 10.0. The zero-order chi connectivity index (χ0) is 11.7. The average Bonchev–Trinajstić information content (AvgIpc) is 2.67. The van der Waals surface area contributed by atoms with Gasteiger partial charge >= 0.3 is 0 Å². The van der Waals surface area contributed by atoms with E-state index < -0.39 is 0 Å². The molecule has 0 aliphatic rings. The fourth-order valence-electron chi connectivity index (χ4n) is 1.42. The van der Waals surface area contributed by atoms with E-state index in [9.17, 15) is 0 Å². The number of benzene rings is 1. The van der Waals surface area contributed by atoms with Crippen LogP contribution < -0.4 is 5.73 Å². The molecule has 0 spiro atoms. The third-order valence-electron chi connectivity index (χ3n) is 2.24. The highest BCUT2D eigenvalue weighted by molar-refractivity contribution is 9.11. The first-order chi connectivity index (χ1) is 7.58. The Hall–Kier alpha value is -0.0600. The van der Waals surface area contributed by atoms with Crippen LogP contribution in [-0.2, 0) is 0 Å². The second kappa shape index (κ2) is 5.07. The largest absolute Gasteiger partial charge is 0.320 e. The topological polar surface area (TPSA) is 26.0 Å². The van der Waals surface area contributed by atoms with E-state index in [2.05, 4.69) is 15.9 Å². The van der Waals surface area contributed by atoms with Crippen LogP contribution in [0.5, 0.6) is 0 Å². The standard InChI is InChI=1S/C11H8BrCl2NS/c12-10-3-6(5-16-10)11(15)8-4-7(13)1-2-9(8)14/h1-5,11H,15H2. The summed E-state index contributed by atoms with van der Waals surface area (Å²) in [7, 11) is 0. The number of rotatable bonds is 2. The maximum atomic E-state index is 6.14. The van der Waals surface area contributed by atoms with Gasteiger partial charge in [-0.05, 0) is 56.7 Å². The van der Waals surface area contributed by atoms with Crippen molar-refractivity contribution in [3.05, 3.63) is 54.6 Å². The molecular weight excluding hydrogens is 329 g/mol. The zero-order valence-corrected chi connectivity index (χ0v) is 12.0. The smallest absolute Gasteiger partial charge is 0.0701 e. The summed E-state index contributed by atoms with van der Waals surface area (Å²) in [6, 6.07) is 7.07. The second-order valence-electron chi connectivity index (χ2n) is 3.33. The van der Waals surface area contributed by atoms with Crippen molar-refractivity contribution in [2.24, 2.45) is 5.73 Å². The Morgan fingerprint density at radius 2 is 2.00 bits per heavy atom. The molecule has 1 unspecified atom stereocenters. The van der Waals surface area contributed by atoms with E-state index in [1.807, 2.05) is 11.4 Å². The van der Waals surface area contributed by atoms with Crippen LogP contribution in [0.4, 0.5) is 0 Å². The lowest BCUT2D eigenvalue weighted by Crippen LogP contribution is -2.11. The molecule has 1 aromatic heterocycles. The zero-order valence-electron chi connectivity index (χ0n) is 8.08. The molecule has 5 heteroatoms. The molecule has 0 aliphatic carbocycles. The van der Waals surface area contributed by atoms with E-state index in [1.165, 1.54) is 0 Å². The number of hydrogen-bond acceptors (Lipinski definition) is 2. The first-order valence-corrected chi connectivity index (χ1v) is 6.95. The van der Waals surface area contributed by atoms with E-state index in [4.69, 9.17) is 28.9 Å². The van der Waals surface area contributed by atoms with Crippen LogP contribution in [-0.4, -0.2) is 0 Å². The maximum Gasteiger partial charge on any atom is 0.0701 e. The van der Waals surface area contributed by atoms with Crippen molar-refractivity contribution in [2.75, 3.05) is 0 Å². The Balaban J connectivity index is 2.40. The van der Waals surface area contributed by atoms with Crippen molar-refractivity contribution >= 4 is 50.5 Å². The number of halogens is 3. The summed E-state index contributed by atoms with van der Waals surface area (Å²) in [5.74, 6) is 0. The van der Waals surface area contributed by atoms with Crippen LogP contribution in [0.3, 0.4) is 0 Å². The molecule has 0 saturated carbocycles. The predicted octanol–water partition coefficient (Wildman–Crippen LogP) is 4.87. The first-order valence-electron chi connectivity index (χ1n) is 4.52. The highest BCUT2D eigenvalue weighted by atomic mass is 79.9. The van der Waals surface area contributed by atoms with Gasteiger partial charge < -0.3 is 5.73 Å². The van der Waals surface area contributed by atoms with Crippen molar-refractivity contribution in [3.63, 3.8) is 0 Å². The Labute approximate surface area is 116 Å². The van der Waals surface area contributed by atoms with Gasteiger partial charge in [-0.15, -0.1) is 11.3 Å². The first kappa shape index (κ1) is 12.4. The maximum absolute atomic E-state index is 6.14. The molecule has 1 aromatic carbocycles. The number of nitrogens with two attached hydrogens (primary N) is 1. The van der Waals surface area contributed by atoms with E-state index >= 15 is 0 Å². The van der Waals surface area contributed by atoms with E-state index in [-0.39, 0.29) is 6.04 Å². The van der Waals surface area contributed by atoms with Gasteiger partial charge in [-0.3, -0.25) is 0 Å². The minimum atomic E-state index is -0.242. The van der Waals surface area contributed by atoms with Crippen molar-refractivity contribution < 1.29 is 0 Å². The summed E-state index contributed by atoms with van der Waals surface area (Å²) >= 11 is 17.0. The van der Waals surface area contributed by atoms with Crippen LogP contribution in [0.1, 0.15) is 17.2 Å². The van der Waals surface area contributed by atoms with Gasteiger partial charge in [0.2, 0.25) is 0 Å². The molecule has 0 radical (unpaired) electrons. The van der Waals surface area contributed by atoms with Gasteiger partial charge in [0.15, 0.2) is 0 Å². The third kappa shape index (κ3) is 2.60. The number of hydrogen-bond donors (Lipinski definition) is 1. The van der Waals surface area contributed by atoms with Crippen LogP contribution in [0, 0.1) is 0 Å². The number of thiophene rings is 1. The molecule has 2 rings (SSSR count). The van der Waals surface area contributed by atoms with E-state index in [1.54, 1.807) is 29.5 Å². The molecule has 0 fully saturated rings. The molecule has 0 amide bonds. The molecule has 1 atom stereocenters. The quantitative estimate of drug-likeness (QED) is 0.832. The van der Waals surface area contributed by atoms with E-state index in [0.717, 1.165) is 14.9 Å². The lowest BCUT2D eigenvalue weighted by Gasteiger charge is -2.12. The van der Waals surface area contributed by atoms with Crippen LogP contribution >= 0.6 is 50.5 Å². The average molecular weight is 337 g/mol. The molecule has 2 aromatic rings. The molecule has 1 nitrogen and oxygen atoms in total. The van der Waals surface area contributed by atoms with Crippen LogP contribution in [0.2, 0.25) is 10.0 Å². The van der Waals surface area contributed by atoms with Gasteiger partial charge in [-0.25, -0.2) is 0 Å². The van der Waals surface area contributed by atoms with Gasteiger partial charge in [0, 0.05) is 10.0 Å². The minimum Gasteiger partial charge on any atom is -0.320 e. The van der Waals surface area contributed by atoms with Crippen molar-refractivity contribution in [1.29, 1.82) is 0 Å². The molecule has 1 heterocycles. The Morgan fingerprint density at radius 3 is 2.62 bits per heavy atom. The fourth-order valence-corrected chi connectivity index (χ4v) is 3.05. The van der Waals surface area contributed by atoms with Gasteiger partial charge in [-0.2, -0.15) is 0 Å². The monoisotopic (exact) mass is 335 g/mol. The van der Waals surface area contributed by atoms with Gasteiger partial charge in [0.25, 0.3) is 0 Å². The Morgan fingerprint density at radius 1 is 1.25 bits per heavy atom. The molecule has 0 aliphatic heterocycles. The lowest BCUT2D eigenvalue weighted by molar-refractivity contribution is 0.877. The second-order valence-corrected chi connectivity index (χ2v) is 6.46. The van der Waals surface area contributed by atoms with Crippen LogP contribution in [0.25, 0.3) is 0 Å². The van der Waals surface area contributed by atoms with Crippen molar-refractivity contribution in [3.8, 4) is 0 Å². The Kier molecular flexibility index (Phi) is 3.93. The van der Waals surface area contributed by atoms with Gasteiger partial charge in [0.05, 0.1) is 9.83 Å². The summed E-state index contributed by atoms with van der Waals surface area (Å²) in [6.45, 7) is 0.